The highest BCUT2D eigenvalue weighted by atomic mass is 35.5. The number of hydrogen-bond donors (Lipinski definition) is 2. The van der Waals surface area contributed by atoms with Crippen LogP contribution in [0.3, 0.4) is 0 Å². The Morgan fingerprint density at radius 3 is 3.00 bits per heavy atom. The van der Waals surface area contributed by atoms with E-state index < -0.39 is 0 Å². The van der Waals surface area contributed by atoms with Crippen molar-refractivity contribution in [2.24, 2.45) is 0 Å². The molecular formula is C10H13ClN2O. The highest BCUT2D eigenvalue weighted by Gasteiger charge is 2.02. The van der Waals surface area contributed by atoms with Crippen molar-refractivity contribution >= 4 is 11.6 Å². The van der Waals surface area contributed by atoms with Crippen molar-refractivity contribution < 1.29 is 5.11 Å². The molecule has 1 aromatic rings. The first kappa shape index (κ1) is 11.0. The van der Waals surface area contributed by atoms with Crippen molar-refractivity contribution in [3.63, 3.8) is 0 Å². The lowest BCUT2D eigenvalue weighted by Crippen LogP contribution is -2.15. The third-order valence-electron chi connectivity index (χ3n) is 1.70. The first-order valence-electron chi connectivity index (χ1n) is 4.29. The maximum Gasteiger partial charge on any atom is 0.138 e. The zero-order valence-electron chi connectivity index (χ0n) is 8.05. The predicted octanol–water partition coefficient (Wildman–Crippen LogP) is 1.94. The SMILES string of the molecule is C=C(Cl)CNCc1nc(C)ccc1O. The van der Waals surface area contributed by atoms with Gasteiger partial charge in [0.25, 0.3) is 0 Å². The zero-order valence-corrected chi connectivity index (χ0v) is 8.80. The first-order chi connectivity index (χ1) is 6.59. The highest BCUT2D eigenvalue weighted by molar-refractivity contribution is 6.29. The average Bonchev–Trinajstić information content (AvgIpc) is 2.10. The molecule has 1 heterocycles. The minimum absolute atomic E-state index is 0.197. The van der Waals surface area contributed by atoms with Gasteiger partial charge in [0, 0.05) is 23.8 Å². The number of nitrogens with one attached hydrogen (secondary N) is 1. The van der Waals surface area contributed by atoms with E-state index >= 15 is 0 Å². The van der Waals surface area contributed by atoms with Gasteiger partial charge in [0.2, 0.25) is 0 Å². The van der Waals surface area contributed by atoms with Crippen molar-refractivity contribution in [1.29, 1.82) is 0 Å². The summed E-state index contributed by atoms with van der Waals surface area (Å²) in [5, 5.41) is 13.0. The quantitative estimate of drug-likeness (QED) is 0.802. The number of hydrogen-bond acceptors (Lipinski definition) is 3. The van der Waals surface area contributed by atoms with Crippen molar-refractivity contribution in [3.05, 3.63) is 35.1 Å². The summed E-state index contributed by atoms with van der Waals surface area (Å²) in [7, 11) is 0. The van der Waals surface area contributed by atoms with Crippen LogP contribution in [0, 0.1) is 6.92 Å². The van der Waals surface area contributed by atoms with Gasteiger partial charge in [0.15, 0.2) is 0 Å². The Balaban J connectivity index is 2.57. The van der Waals surface area contributed by atoms with Gasteiger partial charge in [-0.25, -0.2) is 0 Å². The van der Waals surface area contributed by atoms with Crippen molar-refractivity contribution in [3.8, 4) is 5.75 Å². The van der Waals surface area contributed by atoms with Crippen molar-refractivity contribution in [2.75, 3.05) is 6.54 Å². The lowest BCUT2D eigenvalue weighted by atomic mass is 10.3. The number of rotatable bonds is 4. The van der Waals surface area contributed by atoms with Gasteiger partial charge in [0.1, 0.15) is 5.75 Å². The Labute approximate surface area is 88.4 Å². The highest BCUT2D eigenvalue weighted by Crippen LogP contribution is 2.14. The molecule has 0 aliphatic heterocycles. The summed E-state index contributed by atoms with van der Waals surface area (Å²) in [5.41, 5.74) is 1.51. The van der Waals surface area contributed by atoms with Gasteiger partial charge in [0.05, 0.1) is 5.69 Å². The number of pyridine rings is 1. The molecule has 76 valence electrons. The summed E-state index contributed by atoms with van der Waals surface area (Å²) in [6.45, 7) is 6.42. The summed E-state index contributed by atoms with van der Waals surface area (Å²) in [4.78, 5) is 4.18. The Hall–Kier alpha value is -1.06. The molecule has 0 saturated heterocycles. The molecule has 0 fully saturated rings. The van der Waals surface area contributed by atoms with Crippen LogP contribution < -0.4 is 5.32 Å². The number of halogens is 1. The molecule has 0 aliphatic carbocycles. The normalized spacial score (nSPS) is 10.1. The fourth-order valence-electron chi connectivity index (χ4n) is 1.05. The second kappa shape index (κ2) is 4.98. The Morgan fingerprint density at radius 2 is 2.36 bits per heavy atom. The van der Waals surface area contributed by atoms with Gasteiger partial charge in [-0.3, -0.25) is 4.98 Å². The van der Waals surface area contributed by atoms with E-state index in [0.717, 1.165) is 5.69 Å². The molecule has 0 atom stereocenters. The van der Waals surface area contributed by atoms with Gasteiger partial charge in [-0.2, -0.15) is 0 Å². The molecule has 0 bridgehead atoms. The molecule has 3 nitrogen and oxygen atoms in total. The Bertz CT molecular complexity index is 339. The molecule has 0 unspecified atom stereocenters. The monoisotopic (exact) mass is 212 g/mol. The van der Waals surface area contributed by atoms with Crippen LogP contribution in [0.4, 0.5) is 0 Å². The fraction of sp³-hybridized carbons (Fsp3) is 0.300. The summed E-state index contributed by atoms with van der Waals surface area (Å²) in [6, 6.07) is 3.40. The van der Waals surface area contributed by atoms with Gasteiger partial charge < -0.3 is 10.4 Å². The molecule has 14 heavy (non-hydrogen) atoms. The van der Waals surface area contributed by atoms with E-state index in [1.54, 1.807) is 12.1 Å². The number of aromatic hydroxyl groups is 1. The topological polar surface area (TPSA) is 45.2 Å². The van der Waals surface area contributed by atoms with Gasteiger partial charge in [-0.15, -0.1) is 0 Å². The van der Waals surface area contributed by atoms with Crippen molar-refractivity contribution in [1.82, 2.24) is 10.3 Å². The van der Waals surface area contributed by atoms with E-state index in [9.17, 15) is 5.11 Å². The average molecular weight is 213 g/mol. The van der Waals surface area contributed by atoms with E-state index in [-0.39, 0.29) is 5.75 Å². The fourth-order valence-corrected chi connectivity index (χ4v) is 1.14. The van der Waals surface area contributed by atoms with Gasteiger partial charge in [-0.1, -0.05) is 18.2 Å². The molecule has 0 saturated carbocycles. The number of nitrogens with zero attached hydrogens (tertiary/aromatic N) is 1. The molecule has 0 spiro atoms. The zero-order chi connectivity index (χ0) is 10.6. The smallest absolute Gasteiger partial charge is 0.138 e. The third kappa shape index (κ3) is 3.36. The molecule has 0 radical (unpaired) electrons. The van der Waals surface area contributed by atoms with Gasteiger partial charge >= 0.3 is 0 Å². The molecule has 0 amide bonds. The maximum atomic E-state index is 9.44. The van der Waals surface area contributed by atoms with Crippen LogP contribution in [0.15, 0.2) is 23.7 Å². The molecule has 1 aromatic heterocycles. The predicted molar refractivity (Wildman–Crippen MR) is 57.3 cm³/mol. The summed E-state index contributed by atoms with van der Waals surface area (Å²) in [6.07, 6.45) is 0. The van der Waals surface area contributed by atoms with Crippen LogP contribution in [0.1, 0.15) is 11.4 Å². The largest absolute Gasteiger partial charge is 0.506 e. The van der Waals surface area contributed by atoms with Crippen LogP contribution in [0.2, 0.25) is 0 Å². The maximum absolute atomic E-state index is 9.44. The lowest BCUT2D eigenvalue weighted by Gasteiger charge is -2.05. The van der Waals surface area contributed by atoms with Crippen LogP contribution >= 0.6 is 11.6 Å². The molecular weight excluding hydrogens is 200 g/mol. The second-order valence-electron chi connectivity index (χ2n) is 3.04. The molecule has 0 aromatic carbocycles. The first-order valence-corrected chi connectivity index (χ1v) is 4.67. The van der Waals surface area contributed by atoms with E-state index in [1.165, 1.54) is 0 Å². The molecule has 2 N–H and O–H groups in total. The van der Waals surface area contributed by atoms with E-state index in [2.05, 4.69) is 16.9 Å². The minimum atomic E-state index is 0.197. The minimum Gasteiger partial charge on any atom is -0.506 e. The summed E-state index contributed by atoms with van der Waals surface area (Å²) >= 11 is 5.58. The number of aryl methyl sites for hydroxylation is 1. The third-order valence-corrected chi connectivity index (χ3v) is 1.83. The lowest BCUT2D eigenvalue weighted by molar-refractivity contribution is 0.460. The summed E-state index contributed by atoms with van der Waals surface area (Å²) < 4.78 is 0. The molecule has 4 heteroatoms. The Kier molecular flexibility index (Phi) is 3.92. The Morgan fingerprint density at radius 1 is 1.64 bits per heavy atom. The van der Waals surface area contributed by atoms with E-state index in [4.69, 9.17) is 11.6 Å². The van der Waals surface area contributed by atoms with Crippen LogP contribution in [0.25, 0.3) is 0 Å². The van der Waals surface area contributed by atoms with Gasteiger partial charge in [-0.05, 0) is 19.1 Å². The summed E-state index contributed by atoms with van der Waals surface area (Å²) in [5.74, 6) is 0.197. The molecule has 1 rings (SSSR count). The standard InChI is InChI=1S/C10H13ClN2O/c1-7(11)5-12-6-9-10(14)4-3-8(2)13-9/h3-4,12,14H,1,5-6H2,2H3. The molecule has 0 aliphatic rings. The van der Waals surface area contributed by atoms with E-state index in [1.807, 2.05) is 6.92 Å². The van der Waals surface area contributed by atoms with Crippen LogP contribution in [-0.4, -0.2) is 16.6 Å². The van der Waals surface area contributed by atoms with Crippen molar-refractivity contribution in [2.45, 2.75) is 13.5 Å². The second-order valence-corrected chi connectivity index (χ2v) is 3.57. The number of aromatic nitrogens is 1. The van der Waals surface area contributed by atoms with Crippen LogP contribution in [-0.2, 0) is 6.54 Å². The van der Waals surface area contributed by atoms with E-state index in [0.29, 0.717) is 23.8 Å². The van der Waals surface area contributed by atoms with Crippen LogP contribution in [0.5, 0.6) is 5.75 Å².